The number of carbonyl (C=O) groups excluding carboxylic acids is 1. The number of ether oxygens (including phenoxy) is 1. The number of alkyl halides is 3. The van der Waals surface area contributed by atoms with Crippen LogP contribution in [-0.2, 0) is 26.0 Å². The normalized spacial score (nSPS) is 29.7. The molecule has 5 atom stereocenters. The smallest absolute Gasteiger partial charge is 0.367 e. The molecular formula is C32H35F4N3O4S. The fourth-order valence-corrected chi connectivity index (χ4v) is 9.04. The van der Waals surface area contributed by atoms with Crippen molar-refractivity contribution in [2.45, 2.75) is 61.3 Å². The molecule has 2 saturated heterocycles. The van der Waals surface area contributed by atoms with Crippen LogP contribution in [0.5, 0.6) is 0 Å². The molecule has 2 aromatic rings. The first-order valence-corrected chi connectivity index (χ1v) is 16.2. The standard InChI is InChI=1S/C32H35F4N3O4S/c1-31(14-5-2-6-15-31)44(41,42)39-18-17-37(21-32(34,35)36)27-20-43-28(19-26(27)39)30(40)38-16-13-22-7-3-4-8-25(22)29(38)23-9-11-24(33)12-10-23/h2-12,14,26-29H,13,15-21H2,1H3/t26-,27-,28+,29-,31?/m0/s1. The number of hydrogen-bond acceptors (Lipinski definition) is 5. The number of benzene rings is 2. The van der Waals surface area contributed by atoms with Crippen molar-refractivity contribution in [3.8, 4) is 0 Å². The van der Waals surface area contributed by atoms with Crippen LogP contribution in [0.2, 0.25) is 0 Å². The van der Waals surface area contributed by atoms with Crippen LogP contribution in [0.25, 0.3) is 0 Å². The number of rotatable bonds is 5. The average Bonchev–Trinajstić information content (AvgIpc) is 3.00. The van der Waals surface area contributed by atoms with Gasteiger partial charge in [-0.3, -0.25) is 9.69 Å². The molecule has 1 unspecified atom stereocenters. The summed E-state index contributed by atoms with van der Waals surface area (Å²) in [5.74, 6) is -0.777. The van der Waals surface area contributed by atoms with E-state index < -0.39 is 57.5 Å². The van der Waals surface area contributed by atoms with Crippen molar-refractivity contribution in [1.82, 2.24) is 14.1 Å². The van der Waals surface area contributed by atoms with Gasteiger partial charge in [-0.15, -0.1) is 0 Å². The Labute approximate surface area is 254 Å². The summed E-state index contributed by atoms with van der Waals surface area (Å²) in [7, 11) is -4.02. The van der Waals surface area contributed by atoms with Crippen molar-refractivity contribution in [3.05, 3.63) is 95.3 Å². The maximum absolute atomic E-state index is 14.3. The van der Waals surface area contributed by atoms with Gasteiger partial charge in [-0.05, 0) is 48.6 Å². The van der Waals surface area contributed by atoms with Crippen LogP contribution in [0, 0.1) is 5.82 Å². The van der Waals surface area contributed by atoms with E-state index in [0.29, 0.717) is 18.5 Å². The quantitative estimate of drug-likeness (QED) is 0.450. The summed E-state index contributed by atoms with van der Waals surface area (Å²) in [5.41, 5.74) is 2.67. The number of nitrogens with zero attached hydrogens (tertiary/aromatic N) is 3. The van der Waals surface area contributed by atoms with E-state index in [1.165, 1.54) is 21.3 Å². The van der Waals surface area contributed by atoms with Gasteiger partial charge < -0.3 is 9.64 Å². The van der Waals surface area contributed by atoms with Gasteiger partial charge in [-0.2, -0.15) is 17.5 Å². The van der Waals surface area contributed by atoms with Crippen molar-refractivity contribution in [1.29, 1.82) is 0 Å². The molecule has 2 fully saturated rings. The summed E-state index contributed by atoms with van der Waals surface area (Å²) in [6, 6.07) is 11.4. The minimum Gasteiger partial charge on any atom is -0.367 e. The Morgan fingerprint density at radius 2 is 1.77 bits per heavy atom. The Hall–Kier alpha value is -3.06. The van der Waals surface area contributed by atoms with Gasteiger partial charge in [0.05, 0.1) is 25.2 Å². The highest BCUT2D eigenvalue weighted by Crippen LogP contribution is 2.40. The first kappa shape index (κ1) is 30.9. The SMILES string of the molecule is CC1(S(=O)(=O)N2CCN(CC(F)(F)F)[C@H]3CO[C@@H](C(=O)N4CCc5ccccc5[C@@H]4c4ccc(F)cc4)C[C@@H]32)C=CC=CC1. The van der Waals surface area contributed by atoms with Crippen LogP contribution >= 0.6 is 0 Å². The van der Waals surface area contributed by atoms with E-state index in [1.54, 1.807) is 48.3 Å². The third-order valence-corrected chi connectivity index (χ3v) is 11.9. The zero-order chi connectivity index (χ0) is 31.3. The Kier molecular flexibility index (Phi) is 8.23. The van der Waals surface area contributed by atoms with Gasteiger partial charge in [-0.25, -0.2) is 12.8 Å². The summed E-state index contributed by atoms with van der Waals surface area (Å²) in [6.07, 6.45) is 1.98. The second kappa shape index (κ2) is 11.7. The summed E-state index contributed by atoms with van der Waals surface area (Å²) >= 11 is 0. The van der Waals surface area contributed by atoms with Crippen molar-refractivity contribution in [2.75, 3.05) is 32.8 Å². The molecule has 0 bridgehead atoms. The molecule has 4 aliphatic rings. The van der Waals surface area contributed by atoms with Crippen molar-refractivity contribution in [2.24, 2.45) is 0 Å². The molecule has 0 spiro atoms. The van der Waals surface area contributed by atoms with Crippen molar-refractivity contribution < 1.29 is 35.5 Å². The maximum atomic E-state index is 14.3. The summed E-state index contributed by atoms with van der Waals surface area (Å²) in [6.45, 7) is 0.319. The molecule has 1 amide bonds. The lowest BCUT2D eigenvalue weighted by molar-refractivity contribution is -0.178. The zero-order valence-corrected chi connectivity index (χ0v) is 25.1. The number of fused-ring (bicyclic) bond motifs is 2. The van der Waals surface area contributed by atoms with E-state index in [1.807, 2.05) is 24.3 Å². The van der Waals surface area contributed by atoms with Crippen LogP contribution < -0.4 is 0 Å². The minimum absolute atomic E-state index is 0.0823. The van der Waals surface area contributed by atoms with Crippen molar-refractivity contribution in [3.63, 3.8) is 0 Å². The Morgan fingerprint density at radius 1 is 1.02 bits per heavy atom. The number of piperazine rings is 1. The largest absolute Gasteiger partial charge is 0.401 e. The van der Waals surface area contributed by atoms with Crippen molar-refractivity contribution >= 4 is 15.9 Å². The molecule has 44 heavy (non-hydrogen) atoms. The van der Waals surface area contributed by atoms with E-state index >= 15 is 0 Å². The topological polar surface area (TPSA) is 70.2 Å². The fourth-order valence-electron chi connectivity index (χ4n) is 7.04. The molecule has 3 aliphatic heterocycles. The van der Waals surface area contributed by atoms with E-state index in [2.05, 4.69) is 0 Å². The van der Waals surface area contributed by atoms with Gasteiger partial charge >= 0.3 is 6.18 Å². The molecule has 0 saturated carbocycles. The third-order valence-electron chi connectivity index (χ3n) is 9.34. The number of halogens is 4. The Bertz CT molecular complexity index is 1560. The van der Waals surface area contributed by atoms with E-state index in [0.717, 1.165) is 11.1 Å². The predicted molar refractivity (Wildman–Crippen MR) is 157 cm³/mol. The lowest BCUT2D eigenvalue weighted by Crippen LogP contribution is -2.68. The molecule has 1 aliphatic carbocycles. The number of allylic oxidation sites excluding steroid dienone is 3. The second-order valence-electron chi connectivity index (χ2n) is 12.1. The lowest BCUT2D eigenvalue weighted by Gasteiger charge is -2.52. The highest BCUT2D eigenvalue weighted by Gasteiger charge is 2.53. The van der Waals surface area contributed by atoms with E-state index in [4.69, 9.17) is 4.74 Å². The van der Waals surface area contributed by atoms with E-state index in [-0.39, 0.29) is 38.4 Å². The Balaban J connectivity index is 1.32. The number of amides is 1. The number of hydrogen-bond donors (Lipinski definition) is 0. The number of carbonyl (C=O) groups is 1. The molecule has 6 rings (SSSR count). The summed E-state index contributed by atoms with van der Waals surface area (Å²) in [5, 5.41) is 0. The molecule has 12 heteroatoms. The van der Waals surface area contributed by atoms with Gasteiger partial charge in [0.2, 0.25) is 10.0 Å². The molecular weight excluding hydrogens is 598 g/mol. The molecule has 3 heterocycles. The molecule has 0 radical (unpaired) electrons. The maximum Gasteiger partial charge on any atom is 0.401 e. The van der Waals surface area contributed by atoms with Crippen LogP contribution in [0.3, 0.4) is 0 Å². The second-order valence-corrected chi connectivity index (χ2v) is 14.5. The highest BCUT2D eigenvalue weighted by molar-refractivity contribution is 7.90. The first-order valence-electron chi connectivity index (χ1n) is 14.8. The third kappa shape index (κ3) is 5.73. The van der Waals surface area contributed by atoms with Gasteiger partial charge in [0.25, 0.3) is 5.91 Å². The molecule has 236 valence electrons. The zero-order valence-electron chi connectivity index (χ0n) is 24.3. The van der Waals surface area contributed by atoms with Gasteiger partial charge in [0, 0.05) is 32.1 Å². The van der Waals surface area contributed by atoms with Crippen LogP contribution in [0.15, 0.2) is 72.8 Å². The van der Waals surface area contributed by atoms with Crippen LogP contribution in [0.1, 0.15) is 42.5 Å². The van der Waals surface area contributed by atoms with Crippen LogP contribution in [-0.4, -0.2) is 90.3 Å². The number of sulfonamides is 1. The van der Waals surface area contributed by atoms with Gasteiger partial charge in [-0.1, -0.05) is 60.7 Å². The minimum atomic E-state index is -4.48. The predicted octanol–water partition coefficient (Wildman–Crippen LogP) is 4.61. The first-order chi connectivity index (χ1) is 20.9. The van der Waals surface area contributed by atoms with Crippen LogP contribution in [0.4, 0.5) is 17.6 Å². The monoisotopic (exact) mass is 633 g/mol. The molecule has 2 aromatic carbocycles. The van der Waals surface area contributed by atoms with E-state index in [9.17, 15) is 30.8 Å². The lowest BCUT2D eigenvalue weighted by atomic mass is 9.87. The summed E-state index contributed by atoms with van der Waals surface area (Å²) < 4.78 is 88.9. The fraction of sp³-hybridized carbons (Fsp3) is 0.469. The molecule has 7 nitrogen and oxygen atoms in total. The molecule has 0 N–H and O–H groups in total. The van der Waals surface area contributed by atoms with Gasteiger partial charge in [0.1, 0.15) is 16.7 Å². The molecule has 0 aromatic heterocycles. The Morgan fingerprint density at radius 3 is 2.48 bits per heavy atom. The highest BCUT2D eigenvalue weighted by atomic mass is 32.2. The average molecular weight is 634 g/mol. The summed E-state index contributed by atoms with van der Waals surface area (Å²) in [4.78, 5) is 17.2. The van der Waals surface area contributed by atoms with Gasteiger partial charge in [0.15, 0.2) is 0 Å².